The quantitative estimate of drug-likeness (QED) is 0.678. The molecule has 2 heterocycles. The Morgan fingerprint density at radius 3 is 2.55 bits per heavy atom. The summed E-state index contributed by atoms with van der Waals surface area (Å²) in [5.74, 6) is -0.597. The molecule has 9 heteroatoms. The van der Waals surface area contributed by atoms with E-state index in [-0.39, 0.29) is 17.2 Å². The van der Waals surface area contributed by atoms with E-state index in [1.807, 2.05) is 24.3 Å². The number of ether oxygens (including phenoxy) is 1. The molecule has 0 saturated carbocycles. The number of aromatic nitrogens is 3. The number of methoxy groups -OCH3 is 1. The topological polar surface area (TPSA) is 80.2 Å². The fourth-order valence-corrected chi connectivity index (χ4v) is 3.88. The van der Waals surface area contributed by atoms with Crippen LogP contribution in [0.1, 0.15) is 40.5 Å². The number of carbonyl (C=O) groups excluding carboxylic acids is 1. The van der Waals surface area contributed by atoms with Crippen molar-refractivity contribution in [3.63, 3.8) is 0 Å². The number of piperidine rings is 1. The Kier molecular flexibility index (Phi) is 5.83. The summed E-state index contributed by atoms with van der Waals surface area (Å²) in [4.78, 5) is 26.4. The summed E-state index contributed by atoms with van der Waals surface area (Å²) in [5.41, 5.74) is 0.362. The van der Waals surface area contributed by atoms with Crippen molar-refractivity contribution in [2.45, 2.75) is 25.3 Å². The zero-order valence-corrected chi connectivity index (χ0v) is 17.0. The Morgan fingerprint density at radius 1 is 1.16 bits per heavy atom. The third kappa shape index (κ3) is 4.35. The van der Waals surface area contributed by atoms with Gasteiger partial charge in [0.2, 0.25) is 0 Å². The molecule has 1 fully saturated rings. The number of H-pyrrole nitrogens is 1. The number of carbonyl (C=O) groups is 1. The molecule has 2 aromatic carbocycles. The van der Waals surface area contributed by atoms with E-state index in [4.69, 9.17) is 4.74 Å². The first kappa shape index (κ1) is 20.8. The van der Waals surface area contributed by atoms with Gasteiger partial charge in [-0.2, -0.15) is 5.10 Å². The highest BCUT2D eigenvalue weighted by molar-refractivity contribution is 5.94. The summed E-state index contributed by atoms with van der Waals surface area (Å²) in [6, 6.07) is 10.3. The van der Waals surface area contributed by atoms with E-state index in [2.05, 4.69) is 10.2 Å². The average molecular weight is 428 g/mol. The molecule has 0 unspecified atom stereocenters. The Balaban J connectivity index is 1.46. The molecule has 0 bridgehead atoms. The molecule has 3 aromatic rings. The number of likely N-dealkylation sites (tertiary alicyclic amines) is 1. The number of rotatable bonds is 5. The molecular formula is C22H22F2N4O3. The van der Waals surface area contributed by atoms with Crippen LogP contribution in [0.15, 0.2) is 47.3 Å². The van der Waals surface area contributed by atoms with Gasteiger partial charge in [-0.15, -0.1) is 0 Å². The third-order valence-electron chi connectivity index (χ3n) is 5.59. The first-order valence-corrected chi connectivity index (χ1v) is 9.98. The lowest BCUT2D eigenvalue weighted by molar-refractivity contribution is 0.0705. The summed E-state index contributed by atoms with van der Waals surface area (Å²) in [5, 5.41) is 6.72. The molecule has 0 radical (unpaired) electrons. The minimum atomic E-state index is -0.742. The van der Waals surface area contributed by atoms with Crippen LogP contribution in [0.2, 0.25) is 0 Å². The van der Waals surface area contributed by atoms with Gasteiger partial charge in [0.05, 0.1) is 19.2 Å². The van der Waals surface area contributed by atoms with Crippen LogP contribution >= 0.6 is 0 Å². The van der Waals surface area contributed by atoms with Crippen LogP contribution < -0.4 is 10.4 Å². The lowest BCUT2D eigenvalue weighted by Crippen LogP contribution is -2.39. The highest BCUT2D eigenvalue weighted by Crippen LogP contribution is 2.27. The van der Waals surface area contributed by atoms with Crippen LogP contribution in [-0.2, 0) is 6.54 Å². The maximum atomic E-state index is 14.0. The van der Waals surface area contributed by atoms with E-state index in [0.29, 0.717) is 38.3 Å². The second-order valence-corrected chi connectivity index (χ2v) is 7.51. The Hall–Kier alpha value is -3.49. The molecule has 0 aliphatic carbocycles. The van der Waals surface area contributed by atoms with Crippen molar-refractivity contribution in [1.82, 2.24) is 19.7 Å². The Morgan fingerprint density at radius 2 is 1.87 bits per heavy atom. The van der Waals surface area contributed by atoms with Gasteiger partial charge in [0.25, 0.3) is 5.91 Å². The monoisotopic (exact) mass is 428 g/mol. The minimum Gasteiger partial charge on any atom is -0.497 e. The molecule has 162 valence electrons. The minimum absolute atomic E-state index is 0.0291. The zero-order valence-electron chi connectivity index (χ0n) is 17.0. The maximum absolute atomic E-state index is 14.0. The standard InChI is InChI=1S/C22H22F2N4O3/c1-31-17-5-2-14(3-6-17)13-28-20(25-26-22(28)30)15-8-10-27(11-9-15)21(29)18-12-16(23)4-7-19(18)24/h2-7,12,15H,8-11,13H2,1H3,(H,26,30). The fraction of sp³-hybridized carbons (Fsp3) is 0.318. The number of aromatic amines is 1. The number of nitrogens with one attached hydrogen (secondary N) is 1. The number of amides is 1. The SMILES string of the molecule is COc1ccc(Cn2c(C3CCN(C(=O)c4cc(F)ccc4F)CC3)n[nH]c2=O)cc1. The van der Waals surface area contributed by atoms with Crippen molar-refractivity contribution in [1.29, 1.82) is 0 Å². The molecule has 0 spiro atoms. The Bertz CT molecular complexity index is 1130. The number of nitrogens with zero attached hydrogens (tertiary/aromatic N) is 3. The van der Waals surface area contributed by atoms with E-state index in [9.17, 15) is 18.4 Å². The van der Waals surface area contributed by atoms with Gasteiger partial charge in [-0.3, -0.25) is 9.36 Å². The fourth-order valence-electron chi connectivity index (χ4n) is 3.88. The molecular weight excluding hydrogens is 406 g/mol. The summed E-state index contributed by atoms with van der Waals surface area (Å²) in [6.45, 7) is 1.09. The van der Waals surface area contributed by atoms with Crippen molar-refractivity contribution >= 4 is 5.91 Å². The van der Waals surface area contributed by atoms with Crippen LogP contribution in [0.4, 0.5) is 8.78 Å². The van der Waals surface area contributed by atoms with Gasteiger partial charge < -0.3 is 9.64 Å². The summed E-state index contributed by atoms with van der Waals surface area (Å²) >= 11 is 0. The predicted molar refractivity (Wildman–Crippen MR) is 109 cm³/mol. The molecule has 7 nitrogen and oxygen atoms in total. The van der Waals surface area contributed by atoms with E-state index in [1.165, 1.54) is 4.90 Å². The maximum Gasteiger partial charge on any atom is 0.343 e. The van der Waals surface area contributed by atoms with Crippen molar-refractivity contribution < 1.29 is 18.3 Å². The van der Waals surface area contributed by atoms with E-state index >= 15 is 0 Å². The molecule has 1 N–H and O–H groups in total. The van der Waals surface area contributed by atoms with Gasteiger partial charge in [0, 0.05) is 19.0 Å². The van der Waals surface area contributed by atoms with Gasteiger partial charge in [0.15, 0.2) is 0 Å². The van der Waals surface area contributed by atoms with Crippen molar-refractivity contribution in [3.05, 3.63) is 81.5 Å². The van der Waals surface area contributed by atoms with Crippen LogP contribution in [0, 0.1) is 11.6 Å². The summed E-state index contributed by atoms with van der Waals surface area (Å²) < 4.78 is 34.1. The average Bonchev–Trinajstić information content (AvgIpc) is 3.15. The van der Waals surface area contributed by atoms with Gasteiger partial charge in [0.1, 0.15) is 23.2 Å². The first-order chi connectivity index (χ1) is 15.0. The van der Waals surface area contributed by atoms with E-state index in [0.717, 1.165) is 29.5 Å². The van der Waals surface area contributed by atoms with Crippen molar-refractivity contribution in [2.24, 2.45) is 0 Å². The second kappa shape index (κ2) is 8.71. The van der Waals surface area contributed by atoms with Crippen LogP contribution in [0.5, 0.6) is 5.75 Å². The number of hydrogen-bond donors (Lipinski definition) is 1. The molecule has 1 saturated heterocycles. The van der Waals surface area contributed by atoms with Crippen LogP contribution in [-0.4, -0.2) is 45.8 Å². The zero-order chi connectivity index (χ0) is 22.0. The smallest absolute Gasteiger partial charge is 0.343 e. The van der Waals surface area contributed by atoms with Crippen LogP contribution in [0.3, 0.4) is 0 Å². The molecule has 4 rings (SSSR count). The number of halogens is 2. The largest absolute Gasteiger partial charge is 0.497 e. The second-order valence-electron chi connectivity index (χ2n) is 7.51. The highest BCUT2D eigenvalue weighted by Gasteiger charge is 2.29. The normalized spacial score (nSPS) is 14.6. The molecule has 1 amide bonds. The molecule has 0 atom stereocenters. The molecule has 1 aliphatic heterocycles. The van der Waals surface area contributed by atoms with Gasteiger partial charge in [-0.25, -0.2) is 18.7 Å². The van der Waals surface area contributed by atoms with E-state index < -0.39 is 17.5 Å². The lowest BCUT2D eigenvalue weighted by Gasteiger charge is -2.31. The Labute approximate surface area is 177 Å². The van der Waals surface area contributed by atoms with Gasteiger partial charge >= 0.3 is 5.69 Å². The highest BCUT2D eigenvalue weighted by atomic mass is 19.1. The third-order valence-corrected chi connectivity index (χ3v) is 5.59. The predicted octanol–water partition coefficient (Wildman–Crippen LogP) is 2.93. The van der Waals surface area contributed by atoms with Gasteiger partial charge in [-0.05, 0) is 48.7 Å². The van der Waals surface area contributed by atoms with Crippen molar-refractivity contribution in [3.8, 4) is 5.75 Å². The first-order valence-electron chi connectivity index (χ1n) is 9.98. The number of benzene rings is 2. The lowest BCUT2D eigenvalue weighted by atomic mass is 9.95. The molecule has 31 heavy (non-hydrogen) atoms. The summed E-state index contributed by atoms with van der Waals surface area (Å²) in [7, 11) is 1.59. The van der Waals surface area contributed by atoms with Crippen LogP contribution in [0.25, 0.3) is 0 Å². The summed E-state index contributed by atoms with van der Waals surface area (Å²) in [6.07, 6.45) is 1.13. The van der Waals surface area contributed by atoms with Gasteiger partial charge in [-0.1, -0.05) is 12.1 Å². The van der Waals surface area contributed by atoms with Crippen molar-refractivity contribution in [2.75, 3.05) is 20.2 Å². The van der Waals surface area contributed by atoms with E-state index in [1.54, 1.807) is 11.7 Å². The number of hydrogen-bond acceptors (Lipinski definition) is 4. The molecule has 1 aliphatic rings. The molecule has 1 aromatic heterocycles.